The van der Waals surface area contributed by atoms with Crippen molar-refractivity contribution < 1.29 is 22.7 Å². The van der Waals surface area contributed by atoms with Gasteiger partial charge in [0, 0.05) is 16.6 Å². The lowest BCUT2D eigenvalue weighted by molar-refractivity contribution is -0.121. The number of carbonyl (C=O) groups is 1. The molecule has 0 bridgehead atoms. The summed E-state index contributed by atoms with van der Waals surface area (Å²) in [5, 5.41) is 5.92. The Bertz CT molecular complexity index is 1150. The van der Waals surface area contributed by atoms with Crippen molar-refractivity contribution in [2.45, 2.75) is 32.2 Å². The number of nitrogens with zero attached hydrogens (tertiary/aromatic N) is 1. The zero-order valence-corrected chi connectivity index (χ0v) is 20.4. The van der Waals surface area contributed by atoms with Crippen LogP contribution in [0.25, 0.3) is 0 Å². The van der Waals surface area contributed by atoms with Gasteiger partial charge in [-0.1, -0.05) is 31.2 Å². The second kappa shape index (κ2) is 11.7. The van der Waals surface area contributed by atoms with Crippen LogP contribution in [0.4, 0.5) is 5.69 Å². The number of carbonyl (C=O) groups excluding carboxylic acids is 1. The maximum Gasteiger partial charge on any atom is 0.225 e. The van der Waals surface area contributed by atoms with E-state index in [4.69, 9.17) is 9.47 Å². The summed E-state index contributed by atoms with van der Waals surface area (Å²) in [6.45, 7) is 2.04. The standard InChI is InChI=1S/C23H27N3O5S2/c1-4-17-14-32-23(24-17)19(12-15-8-10-18(11-9-15)26-33(28)29)25-21(27)13-16-6-5-7-20(30-2)22(16)31-3/h5-11,14,19,33H,4,12-13H2,1-3H3,(H,25,27)(H,26,28,29)/t19-/m0/s1. The van der Waals surface area contributed by atoms with Crippen molar-refractivity contribution in [3.63, 3.8) is 0 Å². The monoisotopic (exact) mass is 489 g/mol. The summed E-state index contributed by atoms with van der Waals surface area (Å²) < 4.78 is 34.9. The van der Waals surface area contributed by atoms with E-state index in [1.807, 2.05) is 36.6 Å². The fraction of sp³-hybridized carbons (Fsp3) is 0.304. The highest BCUT2D eigenvalue weighted by Gasteiger charge is 2.21. The predicted octanol–water partition coefficient (Wildman–Crippen LogP) is 3.30. The SMILES string of the molecule is CCc1csc([C@H](Cc2ccc(N[SH](=O)=O)cc2)NC(=O)Cc2cccc(OC)c2OC)n1. The highest BCUT2D eigenvalue weighted by atomic mass is 32.2. The van der Waals surface area contributed by atoms with Gasteiger partial charge in [0.1, 0.15) is 5.01 Å². The van der Waals surface area contributed by atoms with Crippen LogP contribution in [0.2, 0.25) is 0 Å². The lowest BCUT2D eigenvalue weighted by Gasteiger charge is -2.18. The maximum absolute atomic E-state index is 13.0. The molecule has 1 atom stereocenters. The van der Waals surface area contributed by atoms with Crippen LogP contribution in [0, 0.1) is 0 Å². The summed E-state index contributed by atoms with van der Waals surface area (Å²) in [7, 11) is 0.387. The number of amides is 1. The quantitative estimate of drug-likeness (QED) is 0.357. The third-order valence-electron chi connectivity index (χ3n) is 5.01. The van der Waals surface area contributed by atoms with E-state index in [0.29, 0.717) is 23.6 Å². The van der Waals surface area contributed by atoms with Gasteiger partial charge in [0.2, 0.25) is 16.8 Å². The van der Waals surface area contributed by atoms with Gasteiger partial charge in [-0.3, -0.25) is 9.52 Å². The van der Waals surface area contributed by atoms with Crippen LogP contribution < -0.4 is 19.5 Å². The zero-order valence-electron chi connectivity index (χ0n) is 18.7. The Hall–Kier alpha value is -3.11. The first kappa shape index (κ1) is 24.5. The lowest BCUT2D eigenvalue weighted by Crippen LogP contribution is -2.31. The molecular formula is C23H27N3O5S2. The number of methoxy groups -OCH3 is 2. The molecule has 3 rings (SSSR count). The average molecular weight is 490 g/mol. The van der Waals surface area contributed by atoms with E-state index < -0.39 is 10.9 Å². The maximum atomic E-state index is 13.0. The van der Waals surface area contributed by atoms with Gasteiger partial charge in [0.05, 0.1) is 32.4 Å². The summed E-state index contributed by atoms with van der Waals surface area (Å²) in [5.74, 6) is 0.941. The highest BCUT2D eigenvalue weighted by molar-refractivity contribution is 7.73. The molecule has 0 radical (unpaired) electrons. The molecule has 8 nitrogen and oxygen atoms in total. The molecule has 10 heteroatoms. The number of ether oxygens (including phenoxy) is 2. The van der Waals surface area contributed by atoms with Crippen LogP contribution >= 0.6 is 11.3 Å². The Kier molecular flexibility index (Phi) is 8.67. The molecule has 0 aliphatic rings. The number of thiazole rings is 1. The minimum atomic E-state index is -2.72. The number of benzene rings is 2. The molecule has 1 amide bonds. The van der Waals surface area contributed by atoms with Crippen LogP contribution in [0.3, 0.4) is 0 Å². The number of hydrogen-bond acceptors (Lipinski definition) is 7. The summed E-state index contributed by atoms with van der Waals surface area (Å²) in [4.78, 5) is 17.7. The molecule has 2 aromatic carbocycles. The summed E-state index contributed by atoms with van der Waals surface area (Å²) in [6.07, 6.45) is 1.45. The molecule has 0 spiro atoms. The summed E-state index contributed by atoms with van der Waals surface area (Å²) in [6, 6.07) is 12.2. The first-order chi connectivity index (χ1) is 15.9. The van der Waals surface area contributed by atoms with Crippen molar-refractivity contribution in [1.29, 1.82) is 0 Å². The third-order valence-corrected chi connectivity index (χ3v) is 6.46. The summed E-state index contributed by atoms with van der Waals surface area (Å²) in [5.41, 5.74) is 3.13. The van der Waals surface area contributed by atoms with Crippen LogP contribution in [0.15, 0.2) is 47.8 Å². The number of nitrogens with one attached hydrogen (secondary N) is 2. The van der Waals surface area contributed by atoms with E-state index in [0.717, 1.165) is 28.2 Å². The van der Waals surface area contributed by atoms with E-state index in [2.05, 4.69) is 15.0 Å². The average Bonchev–Trinajstić information content (AvgIpc) is 3.28. The van der Waals surface area contributed by atoms with Crippen LogP contribution in [0.1, 0.15) is 34.8 Å². The number of hydrogen-bond donors (Lipinski definition) is 3. The van der Waals surface area contributed by atoms with Gasteiger partial charge in [-0.2, -0.15) is 0 Å². The first-order valence-electron chi connectivity index (χ1n) is 10.4. The van der Waals surface area contributed by atoms with Crippen molar-refractivity contribution in [1.82, 2.24) is 10.3 Å². The van der Waals surface area contributed by atoms with E-state index >= 15 is 0 Å². The lowest BCUT2D eigenvalue weighted by atomic mass is 10.0. The second-order valence-electron chi connectivity index (χ2n) is 7.25. The molecule has 176 valence electrons. The van der Waals surface area contributed by atoms with Crippen LogP contribution in [-0.2, 0) is 34.9 Å². The van der Waals surface area contributed by atoms with Gasteiger partial charge in [0.15, 0.2) is 11.5 Å². The fourth-order valence-corrected chi connectivity index (χ4v) is 4.73. The number of thiol groups is 1. The molecular weight excluding hydrogens is 462 g/mol. The van der Waals surface area contributed by atoms with E-state index in [1.54, 1.807) is 32.4 Å². The minimum Gasteiger partial charge on any atom is -0.493 e. The Morgan fingerprint density at radius 1 is 1.12 bits per heavy atom. The Balaban J connectivity index is 1.79. The Morgan fingerprint density at radius 3 is 2.48 bits per heavy atom. The molecule has 0 saturated heterocycles. The van der Waals surface area contributed by atoms with E-state index in [1.165, 1.54) is 11.3 Å². The molecule has 0 aliphatic heterocycles. The molecule has 0 fully saturated rings. The van der Waals surface area contributed by atoms with E-state index in [9.17, 15) is 13.2 Å². The van der Waals surface area contributed by atoms with Gasteiger partial charge < -0.3 is 14.8 Å². The summed E-state index contributed by atoms with van der Waals surface area (Å²) >= 11 is 1.51. The molecule has 33 heavy (non-hydrogen) atoms. The molecule has 3 aromatic rings. The molecule has 0 saturated carbocycles. The van der Waals surface area contributed by atoms with Crippen molar-refractivity contribution in [3.8, 4) is 11.5 Å². The van der Waals surface area contributed by atoms with Crippen molar-refractivity contribution >= 4 is 33.8 Å². The number of anilines is 1. The Labute approximate surface area is 199 Å². The fourth-order valence-electron chi connectivity index (χ4n) is 3.41. The molecule has 0 aliphatic carbocycles. The Morgan fingerprint density at radius 2 is 1.88 bits per heavy atom. The van der Waals surface area contributed by atoms with Gasteiger partial charge in [-0.05, 0) is 36.6 Å². The largest absolute Gasteiger partial charge is 0.493 e. The zero-order chi connectivity index (χ0) is 23.8. The van der Waals surface area contributed by atoms with E-state index in [-0.39, 0.29) is 18.4 Å². The number of aromatic nitrogens is 1. The number of aryl methyl sites for hydroxylation is 1. The van der Waals surface area contributed by atoms with Gasteiger partial charge in [-0.25, -0.2) is 13.4 Å². The van der Waals surface area contributed by atoms with Gasteiger partial charge in [0.25, 0.3) is 0 Å². The molecule has 1 heterocycles. The smallest absolute Gasteiger partial charge is 0.225 e. The predicted molar refractivity (Wildman–Crippen MR) is 130 cm³/mol. The highest BCUT2D eigenvalue weighted by Crippen LogP contribution is 2.31. The van der Waals surface area contributed by atoms with Crippen LogP contribution in [0.5, 0.6) is 11.5 Å². The van der Waals surface area contributed by atoms with Crippen molar-refractivity contribution in [2.24, 2.45) is 0 Å². The molecule has 2 N–H and O–H groups in total. The molecule has 0 unspecified atom stereocenters. The normalized spacial score (nSPS) is 11.8. The second-order valence-corrected chi connectivity index (χ2v) is 8.88. The third kappa shape index (κ3) is 6.69. The number of rotatable bonds is 11. The topological polar surface area (TPSA) is 107 Å². The van der Waals surface area contributed by atoms with Gasteiger partial charge in [-0.15, -0.1) is 11.3 Å². The number of para-hydroxylation sites is 1. The van der Waals surface area contributed by atoms with Crippen LogP contribution in [-0.4, -0.2) is 33.5 Å². The van der Waals surface area contributed by atoms with Gasteiger partial charge >= 0.3 is 0 Å². The molecule has 1 aromatic heterocycles. The minimum absolute atomic E-state index is 0.127. The first-order valence-corrected chi connectivity index (χ1v) is 12.4. The van der Waals surface area contributed by atoms with Crippen molar-refractivity contribution in [3.05, 3.63) is 69.7 Å². The van der Waals surface area contributed by atoms with Crippen molar-refractivity contribution in [2.75, 3.05) is 18.9 Å².